The summed E-state index contributed by atoms with van der Waals surface area (Å²) in [7, 11) is -10.4. The van der Waals surface area contributed by atoms with Gasteiger partial charge in [-0.15, -0.1) is 0 Å². The summed E-state index contributed by atoms with van der Waals surface area (Å²) in [4.78, 5) is 0. The Bertz CT molecular complexity index is 293. The van der Waals surface area contributed by atoms with Gasteiger partial charge in [0, 0.05) is 0 Å². The van der Waals surface area contributed by atoms with Gasteiger partial charge in [0.05, 0.1) is 0 Å². The van der Waals surface area contributed by atoms with Crippen LogP contribution in [-0.2, 0) is 45.7 Å². The predicted octanol–water partition coefficient (Wildman–Crippen LogP) is -20.0. The second-order valence-electron chi connectivity index (χ2n) is 3.74. The van der Waals surface area contributed by atoms with Gasteiger partial charge in [-0.25, -0.2) is 0 Å². The van der Waals surface area contributed by atoms with E-state index in [4.69, 9.17) is 20.1 Å². The van der Waals surface area contributed by atoms with Crippen LogP contribution in [0.15, 0.2) is 0 Å². The molecule has 34 heteroatoms. The molecule has 4 aliphatic rings. The third-order valence-electron chi connectivity index (χ3n) is 2.26. The zero-order chi connectivity index (χ0) is 15.7. The van der Waals surface area contributed by atoms with Gasteiger partial charge in [0.15, 0.2) is 0 Å². The molecule has 0 aromatic heterocycles. The van der Waals surface area contributed by atoms with Crippen LogP contribution in [0.4, 0.5) is 0 Å². The van der Waals surface area contributed by atoms with Crippen LogP contribution in [0.3, 0.4) is 0 Å². The van der Waals surface area contributed by atoms with Gasteiger partial charge in [-0.05, 0) is 0 Å². The van der Waals surface area contributed by atoms with E-state index in [2.05, 4.69) is 45.7 Å². The van der Waals surface area contributed by atoms with Gasteiger partial charge in [-0.1, -0.05) is 0 Å². The van der Waals surface area contributed by atoms with Crippen molar-refractivity contribution >= 4 is 58.6 Å². The molecule has 0 spiro atoms. The minimum absolute atomic E-state index is 0. The standard InChI is InChI=1S/2B4H2O7.2Na.10H2O.2H/c2*5-1-7-3-9-2(6)10-4(8-1)11-3;;;;;;;;;;;;;;/h2*5-6H;;;10*1H2;;/q;;2*+1;;;;;;;;;;;2*-1. The summed E-state index contributed by atoms with van der Waals surface area (Å²) < 4.78 is 45.1. The molecule has 4 rings (SSSR count). The molecule has 4 aliphatic heterocycles. The van der Waals surface area contributed by atoms with Crippen molar-refractivity contribution in [1.29, 1.82) is 0 Å². The molecule has 0 aromatic rings. The van der Waals surface area contributed by atoms with Gasteiger partial charge in [0.1, 0.15) is 0 Å². The van der Waals surface area contributed by atoms with Gasteiger partial charge in [-0.2, -0.15) is 0 Å². The second kappa shape index (κ2) is 30.8. The number of hydrogen-bond acceptors (Lipinski definition) is 14. The van der Waals surface area contributed by atoms with Crippen molar-refractivity contribution in [3.05, 3.63) is 0 Å². The van der Waals surface area contributed by atoms with E-state index in [0.717, 1.165) is 0 Å². The SMILES string of the molecule is O.O.O.O.O.O.O.O.O.O.OB1OB2OB(O)OB(O1)O2.OB1OB2OB(O)OB(O1)O2.[H-].[H-].[Na+].[Na+]. The molecule has 0 unspecified atom stereocenters. The van der Waals surface area contributed by atoms with E-state index in [1.165, 1.54) is 0 Å². The van der Waals surface area contributed by atoms with Crippen LogP contribution in [0.1, 0.15) is 2.85 Å². The normalized spacial score (nSPS) is 15.9. The molecule has 4 saturated heterocycles. The van der Waals surface area contributed by atoms with E-state index in [0.29, 0.717) is 0 Å². The monoisotopic (exact) mass is 544 g/mol. The zero-order valence-electron chi connectivity index (χ0n) is 19.5. The molecule has 4 bridgehead atoms. The first-order valence-corrected chi connectivity index (χ1v) is 5.75. The summed E-state index contributed by atoms with van der Waals surface area (Å²) in [5, 5.41) is 34.9. The van der Waals surface area contributed by atoms with Crippen LogP contribution in [0.2, 0.25) is 0 Å². The van der Waals surface area contributed by atoms with Crippen LogP contribution in [0.5, 0.6) is 0 Å². The molecule has 4 fully saturated rings. The van der Waals surface area contributed by atoms with Gasteiger partial charge >= 0.3 is 118 Å². The van der Waals surface area contributed by atoms with E-state index in [1.807, 2.05) is 0 Å². The Morgan fingerprint density at radius 3 is 0.529 bits per heavy atom. The summed E-state index contributed by atoms with van der Waals surface area (Å²) >= 11 is 0. The summed E-state index contributed by atoms with van der Waals surface area (Å²) in [6, 6.07) is 0. The fourth-order valence-corrected chi connectivity index (χ4v) is 1.46. The zero-order valence-corrected chi connectivity index (χ0v) is 21.5. The van der Waals surface area contributed by atoms with Crippen molar-refractivity contribution in [3.63, 3.8) is 0 Å². The van der Waals surface area contributed by atoms with Gasteiger partial charge in [0.25, 0.3) is 0 Å². The van der Waals surface area contributed by atoms with E-state index < -0.39 is 58.6 Å². The average molecular weight is 543 g/mol. The fraction of sp³-hybridized carbons (Fsp3) is 0. The maximum absolute atomic E-state index is 8.74. The van der Waals surface area contributed by atoms with Gasteiger partial charge in [0.2, 0.25) is 0 Å². The first-order chi connectivity index (χ1) is 10.5. The minimum atomic E-state index is -1.45. The van der Waals surface area contributed by atoms with E-state index in [1.54, 1.807) is 0 Å². The minimum Gasteiger partial charge on any atom is -1.00 e. The van der Waals surface area contributed by atoms with Crippen LogP contribution >= 0.6 is 0 Å². The Morgan fingerprint density at radius 2 is 0.412 bits per heavy atom. The van der Waals surface area contributed by atoms with Crippen molar-refractivity contribution in [2.24, 2.45) is 0 Å². The number of fused-ring (bicyclic) bond motifs is 4. The molecule has 24 N–H and O–H groups in total. The van der Waals surface area contributed by atoms with Crippen LogP contribution < -0.4 is 59.1 Å². The third-order valence-corrected chi connectivity index (χ3v) is 2.26. The Hall–Kier alpha value is 1.56. The van der Waals surface area contributed by atoms with E-state index in [9.17, 15) is 0 Å². The van der Waals surface area contributed by atoms with Gasteiger partial charge in [-0.3, -0.25) is 0 Å². The Kier molecular flexibility index (Phi) is 58.9. The van der Waals surface area contributed by atoms with Crippen LogP contribution in [0, 0.1) is 0 Å². The molecular weight excluding hydrogens is 516 g/mol. The first-order valence-electron chi connectivity index (χ1n) is 5.75. The van der Waals surface area contributed by atoms with Crippen molar-refractivity contribution in [1.82, 2.24) is 0 Å². The Balaban J connectivity index is -0.0000000230. The van der Waals surface area contributed by atoms with Crippen LogP contribution in [0.25, 0.3) is 0 Å². The van der Waals surface area contributed by atoms with Crippen LogP contribution in [-0.4, -0.2) is 133 Å². The third kappa shape index (κ3) is 20.6. The maximum atomic E-state index is 8.74. The largest absolute Gasteiger partial charge is 1.00 e. The first kappa shape index (κ1) is 65.0. The van der Waals surface area contributed by atoms with Gasteiger partial charge < -0.3 is 123 Å². The molecule has 34 heavy (non-hydrogen) atoms. The topological polar surface area (TPSA) is 488 Å². The second-order valence-corrected chi connectivity index (χ2v) is 3.74. The van der Waals surface area contributed by atoms with Crippen molar-refractivity contribution < 1.29 is 183 Å². The van der Waals surface area contributed by atoms with E-state index in [-0.39, 0.29) is 117 Å². The molecule has 0 aliphatic carbocycles. The Labute approximate surface area is 240 Å². The summed E-state index contributed by atoms with van der Waals surface area (Å²) in [6.45, 7) is 0. The molecule has 0 amide bonds. The number of hydrogen-bond donors (Lipinski definition) is 4. The molecule has 0 saturated carbocycles. The van der Waals surface area contributed by atoms with E-state index >= 15 is 0 Å². The molecule has 4 heterocycles. The fourth-order valence-electron chi connectivity index (χ4n) is 1.46. The van der Waals surface area contributed by atoms with Crippen molar-refractivity contribution in [2.45, 2.75) is 0 Å². The molecular formula is H26B8Na2O24. The quantitative estimate of drug-likeness (QED) is 0.206. The van der Waals surface area contributed by atoms with Crippen molar-refractivity contribution in [3.8, 4) is 0 Å². The average Bonchev–Trinajstić information content (AvgIpc) is 2.35. The molecule has 24 nitrogen and oxygen atoms in total. The molecule has 196 valence electrons. The summed E-state index contributed by atoms with van der Waals surface area (Å²) in [6.07, 6.45) is 0. The van der Waals surface area contributed by atoms with Crippen molar-refractivity contribution in [2.75, 3.05) is 0 Å². The summed E-state index contributed by atoms with van der Waals surface area (Å²) in [5.41, 5.74) is 0. The molecule has 0 atom stereocenters. The predicted molar refractivity (Wildman–Crippen MR) is 104 cm³/mol. The molecule has 0 radical (unpaired) electrons. The smallest absolute Gasteiger partial charge is 1.00 e. The number of rotatable bonds is 0. The molecule has 0 aromatic carbocycles. The maximum Gasteiger partial charge on any atom is 1.00 e. The Morgan fingerprint density at radius 1 is 0.294 bits per heavy atom. The summed E-state index contributed by atoms with van der Waals surface area (Å²) in [5.74, 6) is 0.